The minimum absolute atomic E-state index is 0.0615. The second-order valence-corrected chi connectivity index (χ2v) is 10.9. The van der Waals surface area contributed by atoms with E-state index in [-0.39, 0.29) is 55.2 Å². The monoisotopic (exact) mass is 583 g/mol. The van der Waals surface area contributed by atoms with Gasteiger partial charge in [0, 0.05) is 56.6 Å². The van der Waals surface area contributed by atoms with Crippen LogP contribution in [-0.4, -0.2) is 106 Å². The molecule has 2 unspecified atom stereocenters. The van der Waals surface area contributed by atoms with E-state index in [0.29, 0.717) is 70.8 Å². The van der Waals surface area contributed by atoms with Crippen molar-refractivity contribution >= 4 is 35.5 Å². The molecular formula is C27H45N5O7S. The molecule has 0 saturated carbocycles. The standard InChI is InChI=1S/C27H45N5O7S/c1-2-11-28-24(34)9-10-25(35)30-13-6-15-38-17-19-39-18-16-37-14-5-12-29-23(33)8-4-3-7-22-26-21(20-40-22)31-27(36)32-26/h1,21-22,26H,3-20H2,(H,28,34)(H,29,33)(H,30,35)(H2,31,32,36)/t21?,22-,26?/m1/s1. The first-order chi connectivity index (χ1) is 19.5. The molecule has 2 rings (SSSR count). The highest BCUT2D eigenvalue weighted by Crippen LogP contribution is 2.33. The number of hydrogen-bond acceptors (Lipinski definition) is 8. The lowest BCUT2D eigenvalue weighted by molar-refractivity contribution is -0.126. The molecular weight excluding hydrogens is 538 g/mol. The summed E-state index contributed by atoms with van der Waals surface area (Å²) in [5, 5.41) is 14.6. The molecule has 2 aliphatic heterocycles. The fraction of sp³-hybridized carbons (Fsp3) is 0.778. The van der Waals surface area contributed by atoms with E-state index >= 15 is 0 Å². The maximum Gasteiger partial charge on any atom is 0.315 e. The number of fused-ring (bicyclic) bond motifs is 1. The topological polar surface area (TPSA) is 156 Å². The van der Waals surface area contributed by atoms with Gasteiger partial charge in [0.2, 0.25) is 17.7 Å². The van der Waals surface area contributed by atoms with Crippen LogP contribution in [0.4, 0.5) is 4.79 Å². The summed E-state index contributed by atoms with van der Waals surface area (Å²) in [7, 11) is 0. The van der Waals surface area contributed by atoms with E-state index < -0.39 is 0 Å². The number of unbranched alkanes of at least 4 members (excludes halogenated alkanes) is 1. The van der Waals surface area contributed by atoms with Crippen LogP contribution in [-0.2, 0) is 28.6 Å². The number of ether oxygens (including phenoxy) is 3. The number of nitrogens with one attached hydrogen (secondary N) is 5. The van der Waals surface area contributed by atoms with E-state index in [1.54, 1.807) is 0 Å². The molecule has 2 fully saturated rings. The third kappa shape index (κ3) is 15.3. The summed E-state index contributed by atoms with van der Waals surface area (Å²) in [6.07, 6.45) is 10.1. The van der Waals surface area contributed by atoms with Crippen molar-refractivity contribution in [2.45, 2.75) is 68.7 Å². The SMILES string of the molecule is C#CCNC(=O)CCC(=O)NCCCOCCOCCOCCCNC(=O)CCCC[C@H]1SCC2NC(=O)NC21. The Labute approximate surface area is 241 Å². The molecule has 0 radical (unpaired) electrons. The molecule has 13 heteroatoms. The Morgan fingerprint density at radius 1 is 0.800 bits per heavy atom. The van der Waals surface area contributed by atoms with Gasteiger partial charge in [-0.15, -0.1) is 6.42 Å². The van der Waals surface area contributed by atoms with Gasteiger partial charge in [0.15, 0.2) is 0 Å². The van der Waals surface area contributed by atoms with Gasteiger partial charge in [0.1, 0.15) is 0 Å². The normalized spacial score (nSPS) is 19.3. The van der Waals surface area contributed by atoms with Crippen molar-refractivity contribution < 1.29 is 33.4 Å². The van der Waals surface area contributed by atoms with Crippen LogP contribution in [0, 0.1) is 12.3 Å². The number of rotatable bonds is 23. The summed E-state index contributed by atoms with van der Waals surface area (Å²) in [6, 6.07) is 0.411. The average Bonchev–Trinajstić information content (AvgIpc) is 3.49. The number of thioether (sulfide) groups is 1. The lowest BCUT2D eigenvalue weighted by atomic mass is 10.0. The van der Waals surface area contributed by atoms with Gasteiger partial charge in [0.25, 0.3) is 0 Å². The first-order valence-corrected chi connectivity index (χ1v) is 15.2. The molecule has 5 N–H and O–H groups in total. The van der Waals surface area contributed by atoms with Crippen LogP contribution in [0.5, 0.6) is 0 Å². The van der Waals surface area contributed by atoms with Crippen molar-refractivity contribution in [3.05, 3.63) is 0 Å². The Balaban J connectivity index is 1.26. The maximum absolute atomic E-state index is 12.0. The highest BCUT2D eigenvalue weighted by molar-refractivity contribution is 8.00. The number of hydrogen-bond donors (Lipinski definition) is 5. The summed E-state index contributed by atoms with van der Waals surface area (Å²) in [5.41, 5.74) is 0. The van der Waals surface area contributed by atoms with Gasteiger partial charge in [0.05, 0.1) is 45.1 Å². The average molecular weight is 584 g/mol. The quantitative estimate of drug-likeness (QED) is 0.0654. The molecule has 40 heavy (non-hydrogen) atoms. The molecule has 2 heterocycles. The number of carbonyl (C=O) groups excluding carboxylic acids is 4. The van der Waals surface area contributed by atoms with Gasteiger partial charge in [-0.05, 0) is 25.7 Å². The summed E-state index contributed by atoms with van der Waals surface area (Å²) < 4.78 is 16.4. The minimum Gasteiger partial charge on any atom is -0.379 e. The molecule has 0 aromatic rings. The summed E-state index contributed by atoms with van der Waals surface area (Å²) in [4.78, 5) is 46.5. The van der Waals surface area contributed by atoms with Gasteiger partial charge in [-0.3, -0.25) is 14.4 Å². The van der Waals surface area contributed by atoms with Crippen molar-refractivity contribution in [2.24, 2.45) is 0 Å². The van der Waals surface area contributed by atoms with Crippen LogP contribution in [0.3, 0.4) is 0 Å². The Morgan fingerprint density at radius 3 is 2.00 bits per heavy atom. The van der Waals surface area contributed by atoms with Crippen LogP contribution in [0.25, 0.3) is 0 Å². The largest absolute Gasteiger partial charge is 0.379 e. The minimum atomic E-state index is -0.235. The zero-order valence-corrected chi connectivity index (χ0v) is 24.1. The predicted octanol–water partition coefficient (Wildman–Crippen LogP) is 0.304. The molecule has 3 atom stereocenters. The third-order valence-electron chi connectivity index (χ3n) is 6.37. The van der Waals surface area contributed by atoms with Gasteiger partial charge >= 0.3 is 6.03 Å². The van der Waals surface area contributed by atoms with Crippen molar-refractivity contribution in [2.75, 3.05) is 65.0 Å². The molecule has 0 aromatic heterocycles. The predicted molar refractivity (Wildman–Crippen MR) is 153 cm³/mol. The van der Waals surface area contributed by atoms with Crippen LogP contribution >= 0.6 is 11.8 Å². The molecule has 0 aromatic carbocycles. The van der Waals surface area contributed by atoms with Crippen LogP contribution in [0.1, 0.15) is 51.4 Å². The lowest BCUT2D eigenvalue weighted by Gasteiger charge is -2.16. The Kier molecular flexibility index (Phi) is 17.9. The van der Waals surface area contributed by atoms with Gasteiger partial charge in [-0.25, -0.2) is 4.79 Å². The molecule has 0 aliphatic carbocycles. The van der Waals surface area contributed by atoms with Crippen LogP contribution in [0.15, 0.2) is 0 Å². The van der Waals surface area contributed by atoms with Gasteiger partial charge in [-0.2, -0.15) is 11.8 Å². The number of terminal acetylenes is 1. The van der Waals surface area contributed by atoms with Crippen LogP contribution < -0.4 is 26.6 Å². The van der Waals surface area contributed by atoms with Gasteiger partial charge in [-0.1, -0.05) is 12.3 Å². The van der Waals surface area contributed by atoms with Crippen molar-refractivity contribution in [1.29, 1.82) is 0 Å². The number of urea groups is 1. The number of carbonyl (C=O) groups is 4. The Bertz CT molecular complexity index is 826. The van der Waals surface area contributed by atoms with E-state index in [1.165, 1.54) is 0 Å². The van der Waals surface area contributed by atoms with E-state index in [1.807, 2.05) is 11.8 Å². The highest BCUT2D eigenvalue weighted by atomic mass is 32.2. The van der Waals surface area contributed by atoms with E-state index in [2.05, 4.69) is 32.5 Å². The molecule has 0 spiro atoms. The zero-order chi connectivity index (χ0) is 28.8. The van der Waals surface area contributed by atoms with Crippen molar-refractivity contribution in [1.82, 2.24) is 26.6 Å². The maximum atomic E-state index is 12.0. The van der Waals surface area contributed by atoms with E-state index in [0.717, 1.165) is 31.4 Å². The molecule has 2 aliphatic rings. The van der Waals surface area contributed by atoms with Gasteiger partial charge < -0.3 is 40.8 Å². The summed E-state index contributed by atoms with van der Waals surface area (Å²) in [5.74, 6) is 2.92. The first-order valence-electron chi connectivity index (χ1n) is 14.1. The molecule has 226 valence electrons. The lowest BCUT2D eigenvalue weighted by Crippen LogP contribution is -2.36. The van der Waals surface area contributed by atoms with Crippen molar-refractivity contribution in [3.63, 3.8) is 0 Å². The van der Waals surface area contributed by atoms with Crippen molar-refractivity contribution in [3.8, 4) is 12.3 Å². The molecule has 12 nitrogen and oxygen atoms in total. The Morgan fingerprint density at radius 2 is 1.38 bits per heavy atom. The summed E-state index contributed by atoms with van der Waals surface area (Å²) >= 11 is 1.90. The molecule has 0 bridgehead atoms. The molecule has 5 amide bonds. The van der Waals surface area contributed by atoms with E-state index in [9.17, 15) is 19.2 Å². The Hall–Kier alpha value is -2.53. The second kappa shape index (κ2) is 21.2. The van der Waals surface area contributed by atoms with E-state index in [4.69, 9.17) is 20.6 Å². The highest BCUT2D eigenvalue weighted by Gasteiger charge is 2.42. The number of amides is 5. The fourth-order valence-corrected chi connectivity index (χ4v) is 5.81. The molecule has 2 saturated heterocycles. The third-order valence-corrected chi connectivity index (χ3v) is 7.88. The first kappa shape index (κ1) is 33.7. The smallest absolute Gasteiger partial charge is 0.315 e. The summed E-state index contributed by atoms with van der Waals surface area (Å²) in [6.45, 7) is 4.19. The fourth-order valence-electron chi connectivity index (χ4n) is 4.26. The zero-order valence-electron chi connectivity index (χ0n) is 23.3. The second-order valence-electron chi connectivity index (χ2n) is 9.59. The van der Waals surface area contributed by atoms with Crippen LogP contribution in [0.2, 0.25) is 0 Å².